The van der Waals surface area contributed by atoms with Crippen LogP contribution in [0.2, 0.25) is 0 Å². The molecular formula is C15H25NO5. The molecule has 0 aliphatic carbocycles. The van der Waals surface area contributed by atoms with Crippen molar-refractivity contribution in [2.45, 2.75) is 19.1 Å². The van der Waals surface area contributed by atoms with E-state index in [1.165, 1.54) is 0 Å². The Hall–Kier alpha value is -1.34. The number of rotatable bonds is 10. The maximum absolute atomic E-state index is 9.81. The summed E-state index contributed by atoms with van der Waals surface area (Å²) in [5.74, 6) is 1.29. The van der Waals surface area contributed by atoms with Crippen LogP contribution in [-0.4, -0.2) is 51.9 Å². The van der Waals surface area contributed by atoms with Gasteiger partial charge in [-0.1, -0.05) is 6.07 Å². The summed E-state index contributed by atoms with van der Waals surface area (Å²) >= 11 is 0. The SMILES string of the molecule is COCCOCC(O)COc1cc(OC)ccc1C(C)N. The molecule has 0 bridgehead atoms. The lowest BCUT2D eigenvalue weighted by Gasteiger charge is -2.17. The molecule has 0 fully saturated rings. The molecule has 1 rings (SSSR count). The summed E-state index contributed by atoms with van der Waals surface area (Å²) in [7, 11) is 3.18. The Morgan fingerprint density at radius 2 is 1.95 bits per heavy atom. The van der Waals surface area contributed by atoms with Crippen LogP contribution in [0.3, 0.4) is 0 Å². The zero-order valence-corrected chi connectivity index (χ0v) is 12.9. The van der Waals surface area contributed by atoms with Gasteiger partial charge in [-0.05, 0) is 13.0 Å². The van der Waals surface area contributed by atoms with Gasteiger partial charge in [-0.25, -0.2) is 0 Å². The molecule has 0 aliphatic rings. The quantitative estimate of drug-likeness (QED) is 0.630. The van der Waals surface area contributed by atoms with Crippen molar-refractivity contribution in [3.63, 3.8) is 0 Å². The number of aliphatic hydroxyl groups is 1. The first-order valence-electron chi connectivity index (χ1n) is 6.89. The lowest BCUT2D eigenvalue weighted by Crippen LogP contribution is -2.25. The molecule has 0 radical (unpaired) electrons. The van der Waals surface area contributed by atoms with E-state index in [2.05, 4.69) is 0 Å². The van der Waals surface area contributed by atoms with Crippen molar-refractivity contribution in [3.8, 4) is 11.5 Å². The zero-order valence-electron chi connectivity index (χ0n) is 12.9. The summed E-state index contributed by atoms with van der Waals surface area (Å²) in [6.07, 6.45) is -0.714. The van der Waals surface area contributed by atoms with Crippen LogP contribution < -0.4 is 15.2 Å². The van der Waals surface area contributed by atoms with E-state index in [1.54, 1.807) is 20.3 Å². The van der Waals surface area contributed by atoms with Crippen molar-refractivity contribution in [2.24, 2.45) is 5.73 Å². The molecule has 0 saturated carbocycles. The van der Waals surface area contributed by atoms with Gasteiger partial charge in [0.15, 0.2) is 0 Å². The summed E-state index contributed by atoms with van der Waals surface area (Å²) in [4.78, 5) is 0. The van der Waals surface area contributed by atoms with E-state index in [9.17, 15) is 5.11 Å². The number of ether oxygens (including phenoxy) is 4. The molecule has 0 aliphatic heterocycles. The highest BCUT2D eigenvalue weighted by Crippen LogP contribution is 2.28. The summed E-state index contributed by atoms with van der Waals surface area (Å²) in [5.41, 5.74) is 6.77. The third-order valence-electron chi connectivity index (χ3n) is 2.88. The predicted octanol–water partition coefficient (Wildman–Crippen LogP) is 1.12. The highest BCUT2D eigenvalue weighted by atomic mass is 16.5. The van der Waals surface area contributed by atoms with Crippen molar-refractivity contribution in [1.82, 2.24) is 0 Å². The molecule has 3 N–H and O–H groups in total. The summed E-state index contributed by atoms with van der Waals surface area (Å²) in [5, 5.41) is 9.81. The first-order chi connectivity index (χ1) is 10.1. The molecule has 6 nitrogen and oxygen atoms in total. The van der Waals surface area contributed by atoms with Crippen LogP contribution in [0, 0.1) is 0 Å². The van der Waals surface area contributed by atoms with Crippen LogP contribution in [0.1, 0.15) is 18.5 Å². The molecule has 6 heteroatoms. The zero-order chi connectivity index (χ0) is 15.7. The molecule has 0 heterocycles. The molecular weight excluding hydrogens is 274 g/mol. The van der Waals surface area contributed by atoms with Gasteiger partial charge in [0.2, 0.25) is 0 Å². The lowest BCUT2D eigenvalue weighted by atomic mass is 10.1. The summed E-state index contributed by atoms with van der Waals surface area (Å²) < 4.78 is 20.9. The van der Waals surface area contributed by atoms with E-state index < -0.39 is 6.10 Å². The predicted molar refractivity (Wildman–Crippen MR) is 79.8 cm³/mol. The Labute approximate surface area is 125 Å². The van der Waals surface area contributed by atoms with E-state index in [0.29, 0.717) is 24.7 Å². The minimum absolute atomic E-state index is 0.125. The van der Waals surface area contributed by atoms with Gasteiger partial charge in [0.05, 0.1) is 26.9 Å². The molecule has 1 aromatic rings. The second-order valence-electron chi connectivity index (χ2n) is 4.72. The molecule has 120 valence electrons. The van der Waals surface area contributed by atoms with Crippen molar-refractivity contribution in [1.29, 1.82) is 0 Å². The molecule has 0 saturated heterocycles. The van der Waals surface area contributed by atoms with E-state index in [0.717, 1.165) is 5.56 Å². The summed E-state index contributed by atoms with van der Waals surface area (Å²) in [6, 6.07) is 5.29. The second-order valence-corrected chi connectivity index (χ2v) is 4.72. The van der Waals surface area contributed by atoms with Gasteiger partial charge in [0.25, 0.3) is 0 Å². The van der Waals surface area contributed by atoms with Gasteiger partial charge >= 0.3 is 0 Å². The van der Waals surface area contributed by atoms with E-state index in [-0.39, 0.29) is 19.3 Å². The van der Waals surface area contributed by atoms with Crippen LogP contribution in [0.4, 0.5) is 0 Å². The third-order valence-corrected chi connectivity index (χ3v) is 2.88. The molecule has 1 aromatic carbocycles. The minimum Gasteiger partial charge on any atom is -0.497 e. The minimum atomic E-state index is -0.714. The van der Waals surface area contributed by atoms with Gasteiger partial charge in [-0.2, -0.15) is 0 Å². The average Bonchev–Trinajstić information content (AvgIpc) is 2.49. The molecule has 2 unspecified atom stereocenters. The molecule has 2 atom stereocenters. The van der Waals surface area contributed by atoms with Crippen LogP contribution in [0.5, 0.6) is 11.5 Å². The first kappa shape index (κ1) is 17.7. The molecule has 0 aromatic heterocycles. The fourth-order valence-electron chi connectivity index (χ4n) is 1.74. The Balaban J connectivity index is 2.52. The Kier molecular flexibility index (Phi) is 8.07. The highest BCUT2D eigenvalue weighted by Gasteiger charge is 2.12. The largest absolute Gasteiger partial charge is 0.497 e. The van der Waals surface area contributed by atoms with E-state index >= 15 is 0 Å². The van der Waals surface area contributed by atoms with Gasteiger partial charge in [-0.3, -0.25) is 0 Å². The molecule has 0 amide bonds. The third kappa shape index (κ3) is 6.31. The van der Waals surface area contributed by atoms with Gasteiger partial charge < -0.3 is 29.8 Å². The normalized spacial score (nSPS) is 13.8. The van der Waals surface area contributed by atoms with Gasteiger partial charge in [0.1, 0.15) is 24.2 Å². The maximum Gasteiger partial charge on any atom is 0.127 e. The number of benzene rings is 1. The highest BCUT2D eigenvalue weighted by molar-refractivity contribution is 5.42. The molecule has 21 heavy (non-hydrogen) atoms. The van der Waals surface area contributed by atoms with Crippen molar-refractivity contribution >= 4 is 0 Å². The average molecular weight is 299 g/mol. The van der Waals surface area contributed by atoms with Gasteiger partial charge in [-0.15, -0.1) is 0 Å². The molecule has 0 spiro atoms. The Morgan fingerprint density at radius 1 is 1.19 bits per heavy atom. The van der Waals surface area contributed by atoms with Crippen molar-refractivity contribution in [3.05, 3.63) is 23.8 Å². The van der Waals surface area contributed by atoms with Crippen LogP contribution in [-0.2, 0) is 9.47 Å². The Morgan fingerprint density at radius 3 is 2.57 bits per heavy atom. The standard InChI is InChI=1S/C15H25NO5/c1-11(16)14-5-4-13(19-3)8-15(14)21-10-12(17)9-20-7-6-18-2/h4-5,8,11-12,17H,6-7,9-10,16H2,1-3H3. The number of nitrogens with two attached hydrogens (primary N) is 1. The van der Waals surface area contributed by atoms with E-state index in [1.807, 2.05) is 19.1 Å². The van der Waals surface area contributed by atoms with Crippen molar-refractivity contribution in [2.75, 3.05) is 40.6 Å². The van der Waals surface area contributed by atoms with Gasteiger partial charge in [0, 0.05) is 24.8 Å². The summed E-state index contributed by atoms with van der Waals surface area (Å²) in [6.45, 7) is 3.13. The fraction of sp³-hybridized carbons (Fsp3) is 0.600. The lowest BCUT2D eigenvalue weighted by molar-refractivity contribution is -0.00437. The van der Waals surface area contributed by atoms with E-state index in [4.69, 9.17) is 24.7 Å². The van der Waals surface area contributed by atoms with Crippen LogP contribution in [0.25, 0.3) is 0 Å². The first-order valence-corrected chi connectivity index (χ1v) is 6.89. The number of hydrogen-bond acceptors (Lipinski definition) is 6. The second kappa shape index (κ2) is 9.57. The number of aliphatic hydroxyl groups excluding tert-OH is 1. The smallest absolute Gasteiger partial charge is 0.127 e. The number of methoxy groups -OCH3 is 2. The topological polar surface area (TPSA) is 83.2 Å². The number of hydrogen-bond donors (Lipinski definition) is 2. The monoisotopic (exact) mass is 299 g/mol. The Bertz CT molecular complexity index is 411. The van der Waals surface area contributed by atoms with Crippen molar-refractivity contribution < 1.29 is 24.1 Å². The fourth-order valence-corrected chi connectivity index (χ4v) is 1.74. The maximum atomic E-state index is 9.81. The van der Waals surface area contributed by atoms with Crippen LogP contribution >= 0.6 is 0 Å². The van der Waals surface area contributed by atoms with Crippen LogP contribution in [0.15, 0.2) is 18.2 Å².